The molecule has 0 saturated carbocycles. The maximum Gasteiger partial charge on any atom is 0.274 e. The van der Waals surface area contributed by atoms with Crippen LogP contribution in [-0.2, 0) is 16.1 Å². The number of nitrogens with two attached hydrogens (primary N) is 2. The molecule has 0 aliphatic rings. The Morgan fingerprint density at radius 2 is 2.05 bits per heavy atom. The predicted octanol–water partition coefficient (Wildman–Crippen LogP) is -0.745. The molecule has 0 aromatic carbocycles. The Labute approximate surface area is 110 Å². The number of primary amides is 1. The second kappa shape index (κ2) is 6.14. The van der Waals surface area contributed by atoms with E-state index in [2.05, 4.69) is 5.32 Å². The van der Waals surface area contributed by atoms with Crippen molar-refractivity contribution in [2.45, 2.75) is 26.4 Å². The number of nitrogens with zero attached hydrogens (tertiary/aromatic N) is 1. The topological polar surface area (TPSA) is 120 Å². The van der Waals surface area contributed by atoms with Crippen LogP contribution in [0, 0.1) is 5.92 Å². The summed E-state index contributed by atoms with van der Waals surface area (Å²) < 4.78 is 1.12. The van der Waals surface area contributed by atoms with E-state index in [1.165, 1.54) is 12.3 Å². The largest absolute Gasteiger partial charge is 0.368 e. The number of rotatable bonds is 5. The Balaban J connectivity index is 2.94. The highest BCUT2D eigenvalue weighted by molar-refractivity contribution is 5.94. The molecule has 0 unspecified atom stereocenters. The maximum absolute atomic E-state index is 11.9. The summed E-state index contributed by atoms with van der Waals surface area (Å²) in [7, 11) is 0. The molecule has 1 atom stereocenters. The van der Waals surface area contributed by atoms with E-state index in [1.807, 2.05) is 0 Å². The fourth-order valence-corrected chi connectivity index (χ4v) is 1.44. The van der Waals surface area contributed by atoms with Gasteiger partial charge in [0.1, 0.15) is 12.2 Å². The van der Waals surface area contributed by atoms with Crippen LogP contribution in [0.15, 0.2) is 23.1 Å². The Morgan fingerprint density at radius 1 is 1.42 bits per heavy atom. The molecule has 7 nitrogen and oxygen atoms in total. The molecule has 0 saturated heterocycles. The van der Waals surface area contributed by atoms with E-state index >= 15 is 0 Å². The van der Waals surface area contributed by atoms with Crippen LogP contribution in [0.2, 0.25) is 0 Å². The van der Waals surface area contributed by atoms with Crippen molar-refractivity contribution >= 4 is 17.5 Å². The standard InChI is InChI=1S/C12H18N4O3/c1-7(2)10(14)11(18)15-8-4-3-5-16(12(8)19)6-9(13)17/h3-5,7,10H,6,14H2,1-2H3,(H2,13,17)(H,15,18)/t10-/m0/s1. The van der Waals surface area contributed by atoms with Crippen molar-refractivity contribution in [1.29, 1.82) is 0 Å². The number of hydrogen-bond acceptors (Lipinski definition) is 4. The highest BCUT2D eigenvalue weighted by Crippen LogP contribution is 2.04. The molecule has 2 amide bonds. The van der Waals surface area contributed by atoms with Gasteiger partial charge in [0.2, 0.25) is 11.8 Å². The van der Waals surface area contributed by atoms with Gasteiger partial charge in [0.15, 0.2) is 0 Å². The SMILES string of the molecule is CC(C)[C@H](N)C(=O)Nc1cccn(CC(N)=O)c1=O. The number of amides is 2. The first-order valence-corrected chi connectivity index (χ1v) is 5.87. The molecular formula is C12H18N4O3. The van der Waals surface area contributed by atoms with E-state index in [-0.39, 0.29) is 18.2 Å². The number of pyridine rings is 1. The fourth-order valence-electron chi connectivity index (χ4n) is 1.44. The Hall–Kier alpha value is -2.15. The molecule has 104 valence electrons. The minimum absolute atomic E-state index is 0.0449. The van der Waals surface area contributed by atoms with Crippen molar-refractivity contribution in [1.82, 2.24) is 4.57 Å². The summed E-state index contributed by atoms with van der Waals surface area (Å²) in [6.45, 7) is 3.38. The van der Waals surface area contributed by atoms with E-state index in [9.17, 15) is 14.4 Å². The van der Waals surface area contributed by atoms with Crippen LogP contribution in [0.5, 0.6) is 0 Å². The minimum atomic E-state index is -0.704. The third-order valence-corrected chi connectivity index (χ3v) is 2.63. The van der Waals surface area contributed by atoms with E-state index in [4.69, 9.17) is 11.5 Å². The lowest BCUT2D eigenvalue weighted by atomic mass is 10.1. The normalized spacial score (nSPS) is 12.2. The molecule has 0 radical (unpaired) electrons. The first-order chi connectivity index (χ1) is 8.82. The third-order valence-electron chi connectivity index (χ3n) is 2.63. The number of aromatic nitrogens is 1. The van der Waals surface area contributed by atoms with Crippen molar-refractivity contribution in [3.63, 3.8) is 0 Å². The molecule has 0 aliphatic carbocycles. The quantitative estimate of drug-likeness (QED) is 0.649. The van der Waals surface area contributed by atoms with Crippen LogP contribution in [0.4, 0.5) is 5.69 Å². The number of nitrogens with one attached hydrogen (secondary N) is 1. The van der Waals surface area contributed by atoms with Crippen LogP contribution < -0.4 is 22.3 Å². The van der Waals surface area contributed by atoms with Gasteiger partial charge in [-0.05, 0) is 18.1 Å². The van der Waals surface area contributed by atoms with Crippen molar-refractivity contribution in [2.75, 3.05) is 5.32 Å². The molecule has 7 heteroatoms. The molecule has 0 spiro atoms. The van der Waals surface area contributed by atoms with Crippen LogP contribution in [-0.4, -0.2) is 22.4 Å². The van der Waals surface area contributed by atoms with Crippen molar-refractivity contribution in [3.05, 3.63) is 28.7 Å². The van der Waals surface area contributed by atoms with Gasteiger partial charge in [-0.2, -0.15) is 0 Å². The molecule has 19 heavy (non-hydrogen) atoms. The van der Waals surface area contributed by atoms with Gasteiger partial charge in [0, 0.05) is 6.20 Å². The zero-order valence-corrected chi connectivity index (χ0v) is 10.9. The van der Waals surface area contributed by atoms with E-state index < -0.39 is 23.4 Å². The summed E-state index contributed by atoms with van der Waals surface area (Å²) in [6, 6.07) is 2.29. The second-order valence-electron chi connectivity index (χ2n) is 4.58. The second-order valence-corrected chi connectivity index (χ2v) is 4.58. The van der Waals surface area contributed by atoms with Crippen LogP contribution in [0.3, 0.4) is 0 Å². The fraction of sp³-hybridized carbons (Fsp3) is 0.417. The van der Waals surface area contributed by atoms with Gasteiger partial charge in [0.25, 0.3) is 5.56 Å². The lowest BCUT2D eigenvalue weighted by molar-refractivity contribution is -0.119. The van der Waals surface area contributed by atoms with Gasteiger partial charge in [-0.3, -0.25) is 14.4 Å². The summed E-state index contributed by atoms with van der Waals surface area (Å²) in [5.41, 5.74) is 10.3. The summed E-state index contributed by atoms with van der Waals surface area (Å²) in [5.74, 6) is -1.12. The molecule has 1 heterocycles. The summed E-state index contributed by atoms with van der Waals surface area (Å²) >= 11 is 0. The maximum atomic E-state index is 11.9. The van der Waals surface area contributed by atoms with Crippen LogP contribution >= 0.6 is 0 Å². The van der Waals surface area contributed by atoms with Gasteiger partial charge in [-0.25, -0.2) is 0 Å². The van der Waals surface area contributed by atoms with Crippen LogP contribution in [0.25, 0.3) is 0 Å². The predicted molar refractivity (Wildman–Crippen MR) is 71.3 cm³/mol. The molecule has 0 fully saturated rings. The average Bonchev–Trinajstić information content (AvgIpc) is 2.32. The molecule has 1 aromatic rings. The van der Waals surface area contributed by atoms with Gasteiger partial charge in [-0.15, -0.1) is 0 Å². The molecule has 1 rings (SSSR count). The van der Waals surface area contributed by atoms with Crippen molar-refractivity contribution < 1.29 is 9.59 Å². The van der Waals surface area contributed by atoms with Gasteiger partial charge in [-0.1, -0.05) is 13.8 Å². The summed E-state index contributed by atoms with van der Waals surface area (Å²) in [5, 5.41) is 2.46. The Morgan fingerprint density at radius 3 is 2.58 bits per heavy atom. The van der Waals surface area contributed by atoms with Gasteiger partial charge >= 0.3 is 0 Å². The highest BCUT2D eigenvalue weighted by atomic mass is 16.2. The molecule has 5 N–H and O–H groups in total. The lowest BCUT2D eigenvalue weighted by Crippen LogP contribution is -2.41. The Bertz CT molecular complexity index is 536. The number of carbonyl (C=O) groups is 2. The zero-order valence-electron chi connectivity index (χ0n) is 10.9. The number of hydrogen-bond donors (Lipinski definition) is 3. The monoisotopic (exact) mass is 266 g/mol. The van der Waals surface area contributed by atoms with Gasteiger partial charge in [0.05, 0.1) is 6.04 Å². The third kappa shape index (κ3) is 3.92. The molecule has 0 aliphatic heterocycles. The smallest absolute Gasteiger partial charge is 0.274 e. The molecular weight excluding hydrogens is 248 g/mol. The highest BCUT2D eigenvalue weighted by Gasteiger charge is 2.18. The van der Waals surface area contributed by atoms with Crippen LogP contribution in [0.1, 0.15) is 13.8 Å². The number of anilines is 1. The Kier molecular flexibility index (Phi) is 4.82. The van der Waals surface area contributed by atoms with E-state index in [1.54, 1.807) is 19.9 Å². The minimum Gasteiger partial charge on any atom is -0.368 e. The van der Waals surface area contributed by atoms with E-state index in [0.717, 1.165) is 4.57 Å². The summed E-state index contributed by atoms with van der Waals surface area (Å²) in [6.07, 6.45) is 1.42. The molecule has 0 bridgehead atoms. The van der Waals surface area contributed by atoms with E-state index in [0.29, 0.717) is 0 Å². The summed E-state index contributed by atoms with van der Waals surface area (Å²) in [4.78, 5) is 34.5. The van der Waals surface area contributed by atoms with Crippen molar-refractivity contribution in [3.8, 4) is 0 Å². The first-order valence-electron chi connectivity index (χ1n) is 5.87. The average molecular weight is 266 g/mol. The number of carbonyl (C=O) groups excluding carboxylic acids is 2. The first kappa shape index (κ1) is 14.9. The zero-order chi connectivity index (χ0) is 14.6. The molecule has 1 aromatic heterocycles. The van der Waals surface area contributed by atoms with Gasteiger partial charge < -0.3 is 21.4 Å². The lowest BCUT2D eigenvalue weighted by Gasteiger charge is -2.15. The van der Waals surface area contributed by atoms with Crippen molar-refractivity contribution in [2.24, 2.45) is 17.4 Å².